The lowest BCUT2D eigenvalue weighted by Gasteiger charge is -2.18. The molecule has 0 unspecified atom stereocenters. The zero-order valence-corrected chi connectivity index (χ0v) is 18.7. The molecule has 36 heavy (non-hydrogen) atoms. The monoisotopic (exact) mass is 533 g/mol. The van der Waals surface area contributed by atoms with Gasteiger partial charge >= 0.3 is 24.3 Å². The summed E-state index contributed by atoms with van der Waals surface area (Å²) in [5.41, 5.74) is 6.86. The van der Waals surface area contributed by atoms with Crippen molar-refractivity contribution in [3.63, 3.8) is 0 Å². The fraction of sp³-hybridized carbons (Fsp3) is 0.500. The molecule has 0 aliphatic carbocycles. The van der Waals surface area contributed by atoms with Crippen LogP contribution >= 0.6 is 0 Å². The van der Waals surface area contributed by atoms with Crippen LogP contribution in [0.3, 0.4) is 0 Å². The van der Waals surface area contributed by atoms with E-state index in [0.717, 1.165) is 19.5 Å². The van der Waals surface area contributed by atoms with Crippen LogP contribution in [0.1, 0.15) is 19.0 Å². The first-order valence-electron chi connectivity index (χ1n) is 9.91. The van der Waals surface area contributed by atoms with Gasteiger partial charge in [0.1, 0.15) is 17.2 Å². The number of hydrogen-bond donors (Lipinski definition) is 5. The minimum atomic E-state index is -5.08. The Morgan fingerprint density at radius 3 is 2.08 bits per heavy atom. The van der Waals surface area contributed by atoms with E-state index in [9.17, 15) is 30.7 Å². The Morgan fingerprint density at radius 1 is 1.17 bits per heavy atom. The molecule has 0 saturated carbocycles. The number of anilines is 2. The summed E-state index contributed by atoms with van der Waals surface area (Å²) in [4.78, 5) is 28.3. The van der Waals surface area contributed by atoms with Gasteiger partial charge in [-0.15, -0.1) is 0 Å². The van der Waals surface area contributed by atoms with Crippen LogP contribution in [0, 0.1) is 5.82 Å². The molecule has 1 aliphatic rings. The van der Waals surface area contributed by atoms with Gasteiger partial charge in [0.15, 0.2) is 5.82 Å². The number of hydrogen-bond acceptors (Lipinski definition) is 8. The Balaban J connectivity index is 0.000000383. The summed E-state index contributed by atoms with van der Waals surface area (Å²) < 4.78 is 77.7. The molecule has 0 aromatic carbocycles. The maximum absolute atomic E-state index is 14.3. The fourth-order valence-electron chi connectivity index (χ4n) is 2.71. The highest BCUT2D eigenvalue weighted by Gasteiger charge is 2.38. The molecular formula is C18H22F7N7O4. The van der Waals surface area contributed by atoms with E-state index >= 15 is 0 Å². The largest absolute Gasteiger partial charge is 0.490 e. The number of aromatic nitrogens is 4. The fourth-order valence-corrected chi connectivity index (χ4v) is 2.71. The number of aromatic amines is 1. The number of carboxylic acid groups (broad SMARTS) is 2. The predicted molar refractivity (Wildman–Crippen MR) is 110 cm³/mol. The van der Waals surface area contributed by atoms with Gasteiger partial charge in [0.05, 0.1) is 5.69 Å². The third kappa shape index (κ3) is 8.82. The Hall–Kier alpha value is -3.70. The Labute approximate surface area is 198 Å². The second kappa shape index (κ2) is 12.3. The van der Waals surface area contributed by atoms with Gasteiger partial charge in [0, 0.05) is 25.2 Å². The highest BCUT2D eigenvalue weighted by Crippen LogP contribution is 2.26. The van der Waals surface area contributed by atoms with Gasteiger partial charge in [-0.3, -0.25) is 5.10 Å². The van der Waals surface area contributed by atoms with Gasteiger partial charge in [-0.25, -0.2) is 19.0 Å². The van der Waals surface area contributed by atoms with Crippen molar-refractivity contribution in [3.05, 3.63) is 17.6 Å². The number of carbonyl (C=O) groups is 2. The predicted octanol–water partition coefficient (Wildman–Crippen LogP) is 2.22. The quantitative estimate of drug-likeness (QED) is 0.367. The van der Waals surface area contributed by atoms with Crippen LogP contribution in [-0.2, 0) is 16.0 Å². The zero-order chi connectivity index (χ0) is 27.8. The summed E-state index contributed by atoms with van der Waals surface area (Å²) in [6.07, 6.45) is -8.59. The van der Waals surface area contributed by atoms with Gasteiger partial charge < -0.3 is 26.2 Å². The van der Waals surface area contributed by atoms with Gasteiger partial charge in [0.25, 0.3) is 0 Å². The lowest BCUT2D eigenvalue weighted by Crippen LogP contribution is -2.30. The van der Waals surface area contributed by atoms with Crippen molar-refractivity contribution in [2.24, 2.45) is 0 Å². The molecule has 0 spiro atoms. The molecule has 1 saturated heterocycles. The third-order valence-electron chi connectivity index (χ3n) is 4.51. The van der Waals surface area contributed by atoms with E-state index < -0.39 is 24.3 Å². The van der Waals surface area contributed by atoms with E-state index in [-0.39, 0.29) is 17.5 Å². The molecule has 0 radical (unpaired) electrons. The highest BCUT2D eigenvalue weighted by molar-refractivity contribution is 5.73. The first kappa shape index (κ1) is 30.3. The lowest BCUT2D eigenvalue weighted by molar-refractivity contribution is -0.193. The van der Waals surface area contributed by atoms with Crippen molar-refractivity contribution in [3.8, 4) is 11.4 Å². The number of aliphatic carboxylic acids is 2. The number of rotatable bonds is 4. The van der Waals surface area contributed by atoms with E-state index in [4.69, 9.17) is 25.5 Å². The number of likely N-dealkylation sites (N-methyl/N-ethyl adjacent to an activating group) is 1. The van der Waals surface area contributed by atoms with E-state index in [0.29, 0.717) is 29.7 Å². The van der Waals surface area contributed by atoms with Gasteiger partial charge in [0.2, 0.25) is 5.95 Å². The Bertz CT molecular complexity index is 1020. The van der Waals surface area contributed by atoms with E-state index in [1.165, 1.54) is 0 Å². The number of H-pyrrole nitrogens is 1. The summed E-state index contributed by atoms with van der Waals surface area (Å²) in [6, 6.07) is 2.17. The third-order valence-corrected chi connectivity index (χ3v) is 4.51. The molecule has 3 heterocycles. The number of alkyl halides is 6. The first-order valence-corrected chi connectivity index (χ1v) is 9.91. The standard InChI is InChI=1S/C14H20FN7.2C2HF3O2/c1-3-9-12(15)13(21-20-9)10-6-11(19-14(16)18-10)22-5-4-8(7-22)17-2;2*3-2(4,5)1(6)7/h6,8,17H,3-5,7H2,1-2H3,(H,20,21)(H2,16,18,19);2*(H,6,7)/t8-;;/m1../s1. The smallest absolute Gasteiger partial charge is 0.475 e. The molecule has 18 heteroatoms. The minimum Gasteiger partial charge on any atom is -0.475 e. The number of nitrogens with two attached hydrogens (primary N) is 1. The number of nitrogens with zero attached hydrogens (tertiary/aromatic N) is 4. The molecule has 11 nitrogen and oxygen atoms in total. The van der Waals surface area contributed by atoms with Crippen LogP contribution in [-0.4, -0.2) is 80.8 Å². The van der Waals surface area contributed by atoms with Crippen LogP contribution < -0.4 is 16.0 Å². The van der Waals surface area contributed by atoms with Crippen LogP contribution in [0.15, 0.2) is 6.07 Å². The molecule has 1 fully saturated rings. The van der Waals surface area contributed by atoms with Crippen molar-refractivity contribution in [2.75, 3.05) is 30.8 Å². The molecule has 1 aliphatic heterocycles. The van der Waals surface area contributed by atoms with Crippen LogP contribution in [0.2, 0.25) is 0 Å². The lowest BCUT2D eigenvalue weighted by atomic mass is 10.2. The SMILES string of the molecule is CCc1[nH]nc(-c2cc(N3CC[C@@H](NC)C3)nc(N)n2)c1F.O=C(O)C(F)(F)F.O=C(O)C(F)(F)F. The summed E-state index contributed by atoms with van der Waals surface area (Å²) in [5, 5.41) is 24.2. The molecule has 6 N–H and O–H groups in total. The van der Waals surface area contributed by atoms with Crippen molar-refractivity contribution < 1.29 is 50.5 Å². The molecule has 0 amide bonds. The molecule has 2 aromatic rings. The molecule has 3 rings (SSSR count). The van der Waals surface area contributed by atoms with Crippen LogP contribution in [0.4, 0.5) is 42.5 Å². The highest BCUT2D eigenvalue weighted by atomic mass is 19.4. The van der Waals surface area contributed by atoms with E-state index in [1.54, 1.807) is 6.07 Å². The van der Waals surface area contributed by atoms with Crippen molar-refractivity contribution in [2.45, 2.75) is 38.2 Å². The summed E-state index contributed by atoms with van der Waals surface area (Å²) in [5.74, 6) is -5.05. The summed E-state index contributed by atoms with van der Waals surface area (Å²) >= 11 is 0. The first-order chi connectivity index (χ1) is 16.5. The van der Waals surface area contributed by atoms with Gasteiger partial charge in [-0.2, -0.15) is 36.4 Å². The number of carboxylic acids is 2. The Kier molecular flexibility index (Phi) is 10.4. The number of halogens is 7. The van der Waals surface area contributed by atoms with E-state index in [1.807, 2.05) is 14.0 Å². The second-order valence-corrected chi connectivity index (χ2v) is 7.01. The zero-order valence-electron chi connectivity index (χ0n) is 18.7. The van der Waals surface area contributed by atoms with Crippen molar-refractivity contribution in [1.82, 2.24) is 25.5 Å². The molecule has 1 atom stereocenters. The van der Waals surface area contributed by atoms with Crippen LogP contribution in [0.5, 0.6) is 0 Å². The van der Waals surface area contributed by atoms with Crippen LogP contribution in [0.25, 0.3) is 11.4 Å². The topological polar surface area (TPSA) is 170 Å². The summed E-state index contributed by atoms with van der Waals surface area (Å²) in [7, 11) is 1.94. The number of nitrogens with one attached hydrogen (secondary N) is 2. The van der Waals surface area contributed by atoms with Gasteiger partial charge in [-0.1, -0.05) is 6.92 Å². The Morgan fingerprint density at radius 2 is 1.69 bits per heavy atom. The molecule has 2 aromatic heterocycles. The van der Waals surface area contributed by atoms with Crippen molar-refractivity contribution in [1.29, 1.82) is 0 Å². The van der Waals surface area contributed by atoms with E-state index in [2.05, 4.69) is 30.4 Å². The normalized spacial score (nSPS) is 15.5. The molecule has 0 bridgehead atoms. The average molecular weight is 533 g/mol. The maximum Gasteiger partial charge on any atom is 0.490 e. The average Bonchev–Trinajstić information content (AvgIpc) is 3.39. The van der Waals surface area contributed by atoms with Gasteiger partial charge in [-0.05, 0) is 19.9 Å². The van der Waals surface area contributed by atoms with Crippen molar-refractivity contribution >= 4 is 23.7 Å². The summed E-state index contributed by atoms with van der Waals surface area (Å²) in [6.45, 7) is 3.59. The number of aryl methyl sites for hydroxylation is 1. The maximum atomic E-state index is 14.3. The molecule has 202 valence electrons. The molecular weight excluding hydrogens is 511 g/mol. The number of nitrogen functional groups attached to an aromatic ring is 1. The second-order valence-electron chi connectivity index (χ2n) is 7.01. The minimum absolute atomic E-state index is 0.126.